The first-order valence-electron chi connectivity index (χ1n) is 12.7. The summed E-state index contributed by atoms with van der Waals surface area (Å²) >= 11 is 0. The van der Waals surface area contributed by atoms with E-state index in [1.165, 1.54) is 5.56 Å². The minimum Gasteiger partial charge on any atom is -0.508 e. The van der Waals surface area contributed by atoms with Crippen molar-refractivity contribution in [1.29, 1.82) is 0 Å². The van der Waals surface area contributed by atoms with E-state index in [2.05, 4.69) is 82.9 Å². The van der Waals surface area contributed by atoms with Gasteiger partial charge < -0.3 is 5.11 Å². The van der Waals surface area contributed by atoms with Crippen LogP contribution < -0.4 is 0 Å². The Labute approximate surface area is 218 Å². The summed E-state index contributed by atoms with van der Waals surface area (Å²) in [6, 6.07) is 16.9. The number of tetrazole rings is 1. The Hall–Kier alpha value is -3.65. The molecule has 0 unspecified atom stereocenters. The van der Waals surface area contributed by atoms with Gasteiger partial charge >= 0.3 is 6.15 Å². The summed E-state index contributed by atoms with van der Waals surface area (Å²) in [6.07, 6.45) is 4.37. The van der Waals surface area contributed by atoms with Crippen LogP contribution in [0.15, 0.2) is 61.2 Å². The molecule has 3 aromatic rings. The highest BCUT2D eigenvalue weighted by atomic mass is 16.3. The lowest BCUT2D eigenvalue weighted by atomic mass is 9.92. The number of aryl methyl sites for hydroxylation is 1. The molecule has 1 saturated heterocycles. The second-order valence-electron chi connectivity index (χ2n) is 9.40. The number of hydrogen-bond acceptors (Lipinski definition) is 8. The van der Waals surface area contributed by atoms with Crippen molar-refractivity contribution in [2.24, 2.45) is 0 Å². The third-order valence-corrected chi connectivity index (χ3v) is 6.69. The number of nitrogens with zero attached hydrogens (tertiary/aromatic N) is 6. The predicted molar refractivity (Wildman–Crippen MR) is 141 cm³/mol. The Morgan fingerprint density at radius 1 is 1.11 bits per heavy atom. The SMILES string of the molecule is C=CCN1C[C@H](C)N([C@H](c2ccc(-c3nnn(CCCC)n3)cc2)c2cccc(O)c2)C[C@H]1C.O=C=O. The van der Waals surface area contributed by atoms with Gasteiger partial charge in [0, 0.05) is 37.3 Å². The molecule has 0 aliphatic carbocycles. The van der Waals surface area contributed by atoms with Gasteiger partial charge in [0.05, 0.1) is 12.6 Å². The number of aromatic hydroxyl groups is 1. The number of unbranched alkanes of at least 4 members (excludes halogenated alkanes) is 1. The van der Waals surface area contributed by atoms with Gasteiger partial charge in [-0.3, -0.25) is 9.80 Å². The summed E-state index contributed by atoms with van der Waals surface area (Å²) in [6.45, 7) is 14.2. The predicted octanol–water partition coefficient (Wildman–Crippen LogP) is 3.93. The summed E-state index contributed by atoms with van der Waals surface area (Å²) in [7, 11) is 0. The lowest BCUT2D eigenvalue weighted by Crippen LogP contribution is -2.57. The molecule has 1 aromatic heterocycles. The van der Waals surface area contributed by atoms with Crippen molar-refractivity contribution in [2.75, 3.05) is 19.6 Å². The first-order valence-corrected chi connectivity index (χ1v) is 12.7. The summed E-state index contributed by atoms with van der Waals surface area (Å²) in [5, 5.41) is 23.2. The van der Waals surface area contributed by atoms with E-state index >= 15 is 0 Å². The second kappa shape index (κ2) is 13.6. The van der Waals surface area contributed by atoms with Gasteiger partial charge in [-0.25, -0.2) is 0 Å². The number of piperazine rings is 1. The molecule has 2 aromatic carbocycles. The van der Waals surface area contributed by atoms with E-state index in [1.54, 1.807) is 10.9 Å². The van der Waals surface area contributed by atoms with Gasteiger partial charge in [-0.15, -0.1) is 16.8 Å². The molecule has 1 N–H and O–H groups in total. The van der Waals surface area contributed by atoms with Crippen molar-refractivity contribution in [3.8, 4) is 17.1 Å². The van der Waals surface area contributed by atoms with Crippen molar-refractivity contribution in [3.05, 3.63) is 72.3 Å². The van der Waals surface area contributed by atoms with Gasteiger partial charge in [-0.1, -0.05) is 55.8 Å². The van der Waals surface area contributed by atoms with Crippen LogP contribution in [0.1, 0.15) is 50.8 Å². The van der Waals surface area contributed by atoms with Gasteiger partial charge in [0.2, 0.25) is 5.82 Å². The standard InChI is InChI=1S/C27H36N6O.CO2/c1-5-7-16-33-29-27(28-30-33)23-13-11-22(12-14-23)26(24-9-8-10-25(34)17-24)32-19-20(3)31(15-6-2)18-21(32)4;2-1-3/h6,8-14,17,20-21,26,34H,2,5,7,15-16,18-19H2,1,3-4H3;/t20-,21+,26-;/m1./s1. The van der Waals surface area contributed by atoms with Crippen molar-refractivity contribution in [1.82, 2.24) is 30.0 Å². The Bertz CT molecular complexity index is 1170. The minimum atomic E-state index is 0.0395. The highest BCUT2D eigenvalue weighted by Crippen LogP contribution is 2.35. The van der Waals surface area contributed by atoms with Gasteiger partial charge in [-0.05, 0) is 48.7 Å². The second-order valence-corrected chi connectivity index (χ2v) is 9.40. The average Bonchev–Trinajstić information content (AvgIpc) is 3.36. The minimum absolute atomic E-state index is 0.0395. The summed E-state index contributed by atoms with van der Waals surface area (Å²) in [5.74, 6) is 0.939. The smallest absolute Gasteiger partial charge is 0.373 e. The van der Waals surface area contributed by atoms with Gasteiger partial charge in [-0.2, -0.15) is 14.4 Å². The highest BCUT2D eigenvalue weighted by Gasteiger charge is 2.34. The van der Waals surface area contributed by atoms with Crippen LogP contribution in [0.4, 0.5) is 0 Å². The Balaban J connectivity index is 0.00000121. The van der Waals surface area contributed by atoms with Crippen LogP contribution in [-0.4, -0.2) is 73.0 Å². The van der Waals surface area contributed by atoms with Crippen LogP contribution in [0.5, 0.6) is 5.75 Å². The quantitative estimate of drug-likeness (QED) is 0.437. The fourth-order valence-corrected chi connectivity index (χ4v) is 4.84. The number of benzene rings is 2. The fraction of sp³-hybridized carbons (Fsp3) is 0.429. The topological polar surface area (TPSA) is 104 Å². The molecule has 1 aliphatic heterocycles. The van der Waals surface area contributed by atoms with E-state index in [0.29, 0.717) is 17.9 Å². The van der Waals surface area contributed by atoms with Crippen LogP contribution in [0.25, 0.3) is 11.4 Å². The number of rotatable bonds is 9. The van der Waals surface area contributed by atoms with E-state index in [4.69, 9.17) is 9.59 Å². The third-order valence-electron chi connectivity index (χ3n) is 6.69. The monoisotopic (exact) mass is 504 g/mol. The van der Waals surface area contributed by atoms with Crippen LogP contribution in [-0.2, 0) is 16.1 Å². The number of aromatic nitrogens is 4. The first kappa shape index (κ1) is 27.9. The van der Waals surface area contributed by atoms with E-state index in [-0.39, 0.29) is 17.9 Å². The lowest BCUT2D eigenvalue weighted by molar-refractivity contribution is -0.191. The van der Waals surface area contributed by atoms with Crippen LogP contribution in [0.2, 0.25) is 0 Å². The van der Waals surface area contributed by atoms with E-state index in [1.807, 2.05) is 18.2 Å². The van der Waals surface area contributed by atoms with E-state index < -0.39 is 0 Å². The van der Waals surface area contributed by atoms with Crippen LogP contribution in [0, 0.1) is 0 Å². The Kier molecular flexibility index (Phi) is 10.3. The summed E-state index contributed by atoms with van der Waals surface area (Å²) < 4.78 is 0. The van der Waals surface area contributed by atoms with Crippen LogP contribution in [0.3, 0.4) is 0 Å². The highest BCUT2D eigenvalue weighted by molar-refractivity contribution is 5.55. The molecule has 0 spiro atoms. The molecule has 1 aliphatic rings. The maximum absolute atomic E-state index is 10.2. The molecule has 0 saturated carbocycles. The fourth-order valence-electron chi connectivity index (χ4n) is 4.84. The molecule has 0 bridgehead atoms. The number of phenols is 1. The lowest BCUT2D eigenvalue weighted by Gasteiger charge is -2.47. The molecular weight excluding hydrogens is 468 g/mol. The third kappa shape index (κ3) is 7.20. The molecule has 0 radical (unpaired) electrons. The Morgan fingerprint density at radius 2 is 1.84 bits per heavy atom. The van der Waals surface area contributed by atoms with Gasteiger partial charge in [0.25, 0.3) is 0 Å². The molecule has 1 fully saturated rings. The number of hydrogen-bond donors (Lipinski definition) is 1. The van der Waals surface area contributed by atoms with Gasteiger partial charge in [0.15, 0.2) is 0 Å². The van der Waals surface area contributed by atoms with Crippen LogP contribution >= 0.6 is 0 Å². The normalized spacial score (nSPS) is 18.9. The average molecular weight is 505 g/mol. The summed E-state index contributed by atoms with van der Waals surface area (Å²) in [4.78, 5) is 23.0. The van der Waals surface area contributed by atoms with Gasteiger partial charge in [0.1, 0.15) is 5.75 Å². The molecule has 196 valence electrons. The van der Waals surface area contributed by atoms with Crippen molar-refractivity contribution in [3.63, 3.8) is 0 Å². The maximum Gasteiger partial charge on any atom is 0.373 e. The number of carbonyl (C=O) groups excluding carboxylic acids is 2. The molecule has 4 rings (SSSR count). The molecule has 3 atom stereocenters. The molecular formula is C28H36N6O3. The zero-order valence-corrected chi connectivity index (χ0v) is 21.8. The molecule has 9 nitrogen and oxygen atoms in total. The van der Waals surface area contributed by atoms with Crippen molar-refractivity contribution < 1.29 is 14.7 Å². The molecule has 9 heteroatoms. The largest absolute Gasteiger partial charge is 0.508 e. The van der Waals surface area contributed by atoms with E-state index in [0.717, 1.165) is 50.1 Å². The Morgan fingerprint density at radius 3 is 2.49 bits per heavy atom. The maximum atomic E-state index is 10.2. The molecule has 0 amide bonds. The zero-order valence-electron chi connectivity index (χ0n) is 21.8. The first-order chi connectivity index (χ1) is 17.9. The number of phenolic OH excluding ortho intramolecular Hbond substituents is 1. The molecule has 2 heterocycles. The summed E-state index contributed by atoms with van der Waals surface area (Å²) in [5.41, 5.74) is 3.23. The zero-order chi connectivity index (χ0) is 26.8. The van der Waals surface area contributed by atoms with Crippen molar-refractivity contribution >= 4 is 6.15 Å². The molecule has 37 heavy (non-hydrogen) atoms. The van der Waals surface area contributed by atoms with E-state index in [9.17, 15) is 5.11 Å². The van der Waals surface area contributed by atoms with Crippen molar-refractivity contribution in [2.45, 2.75) is 58.3 Å².